The van der Waals surface area contributed by atoms with Gasteiger partial charge in [-0.15, -0.1) is 0 Å². The van der Waals surface area contributed by atoms with Gasteiger partial charge in [0.25, 0.3) is 0 Å². The Bertz CT molecular complexity index is 773. The van der Waals surface area contributed by atoms with Crippen LogP contribution < -0.4 is 0 Å². The largest absolute Gasteiger partial charge is 0.468 e. The number of benzene rings is 1. The molecule has 0 fully saturated rings. The SMILES string of the molecule is CCC(O)(CC)c1ccc(CN(Cc2ccccc2)Cc2ccco2)o1. The van der Waals surface area contributed by atoms with Crippen molar-refractivity contribution in [2.75, 3.05) is 0 Å². The van der Waals surface area contributed by atoms with Gasteiger partial charge in [-0.2, -0.15) is 0 Å². The number of nitrogens with zero attached hydrogens (tertiary/aromatic N) is 1. The molecule has 2 heterocycles. The molecule has 0 aliphatic carbocycles. The van der Waals surface area contributed by atoms with Crippen LogP contribution in [0.15, 0.2) is 69.7 Å². The summed E-state index contributed by atoms with van der Waals surface area (Å²) in [6.45, 7) is 6.10. The van der Waals surface area contributed by atoms with E-state index in [1.54, 1.807) is 6.26 Å². The Labute approximate surface area is 155 Å². The van der Waals surface area contributed by atoms with E-state index in [9.17, 15) is 5.11 Å². The minimum absolute atomic E-state index is 0.635. The first kappa shape index (κ1) is 18.5. The van der Waals surface area contributed by atoms with E-state index >= 15 is 0 Å². The van der Waals surface area contributed by atoms with Crippen LogP contribution >= 0.6 is 0 Å². The van der Waals surface area contributed by atoms with Crippen LogP contribution in [0, 0.1) is 0 Å². The molecule has 4 nitrogen and oxygen atoms in total. The van der Waals surface area contributed by atoms with Crippen molar-refractivity contribution in [3.8, 4) is 0 Å². The number of aliphatic hydroxyl groups is 1. The van der Waals surface area contributed by atoms with Crippen molar-refractivity contribution in [1.29, 1.82) is 0 Å². The van der Waals surface area contributed by atoms with E-state index in [0.29, 0.717) is 31.7 Å². The Morgan fingerprint density at radius 1 is 0.846 bits per heavy atom. The van der Waals surface area contributed by atoms with Crippen molar-refractivity contribution in [2.45, 2.75) is 51.9 Å². The van der Waals surface area contributed by atoms with Gasteiger partial charge in [-0.3, -0.25) is 4.90 Å². The van der Waals surface area contributed by atoms with E-state index in [1.807, 2.05) is 56.3 Å². The summed E-state index contributed by atoms with van der Waals surface area (Å²) in [5, 5.41) is 10.7. The molecule has 1 N–H and O–H groups in total. The molecule has 138 valence electrons. The van der Waals surface area contributed by atoms with Crippen LogP contribution in [0.4, 0.5) is 0 Å². The zero-order valence-electron chi connectivity index (χ0n) is 15.5. The number of rotatable bonds is 9. The smallest absolute Gasteiger partial charge is 0.135 e. The van der Waals surface area contributed by atoms with Gasteiger partial charge in [0.05, 0.1) is 19.4 Å². The summed E-state index contributed by atoms with van der Waals surface area (Å²) < 4.78 is 11.5. The second-order valence-corrected chi connectivity index (χ2v) is 6.71. The summed E-state index contributed by atoms with van der Waals surface area (Å²) >= 11 is 0. The summed E-state index contributed by atoms with van der Waals surface area (Å²) in [6.07, 6.45) is 2.97. The third kappa shape index (κ3) is 4.45. The van der Waals surface area contributed by atoms with Crippen LogP contribution in [-0.2, 0) is 25.2 Å². The zero-order chi connectivity index (χ0) is 18.4. The van der Waals surface area contributed by atoms with Gasteiger partial charge in [-0.25, -0.2) is 0 Å². The summed E-state index contributed by atoms with van der Waals surface area (Å²) in [5.41, 5.74) is 0.355. The van der Waals surface area contributed by atoms with Crippen LogP contribution in [0.1, 0.15) is 49.5 Å². The second-order valence-electron chi connectivity index (χ2n) is 6.71. The van der Waals surface area contributed by atoms with Gasteiger partial charge in [0.2, 0.25) is 0 Å². The van der Waals surface area contributed by atoms with Gasteiger partial charge in [-0.1, -0.05) is 44.2 Å². The van der Waals surface area contributed by atoms with Gasteiger partial charge in [0.1, 0.15) is 22.9 Å². The van der Waals surface area contributed by atoms with Gasteiger partial charge in [-0.05, 0) is 42.7 Å². The Hall–Kier alpha value is -2.30. The summed E-state index contributed by atoms with van der Waals surface area (Å²) in [5.74, 6) is 2.42. The molecular weight excluding hydrogens is 326 g/mol. The van der Waals surface area contributed by atoms with Gasteiger partial charge < -0.3 is 13.9 Å². The highest BCUT2D eigenvalue weighted by Crippen LogP contribution is 2.30. The van der Waals surface area contributed by atoms with Crippen molar-refractivity contribution < 1.29 is 13.9 Å². The molecule has 3 aromatic rings. The maximum atomic E-state index is 10.7. The highest BCUT2D eigenvalue weighted by Gasteiger charge is 2.28. The van der Waals surface area contributed by atoms with Crippen LogP contribution in [0.25, 0.3) is 0 Å². The van der Waals surface area contributed by atoms with Crippen LogP contribution in [0.3, 0.4) is 0 Å². The molecule has 2 aromatic heterocycles. The first-order valence-corrected chi connectivity index (χ1v) is 9.23. The fourth-order valence-electron chi connectivity index (χ4n) is 3.16. The van der Waals surface area contributed by atoms with Gasteiger partial charge in [0, 0.05) is 6.54 Å². The van der Waals surface area contributed by atoms with Crippen molar-refractivity contribution in [1.82, 2.24) is 4.90 Å². The summed E-state index contributed by atoms with van der Waals surface area (Å²) in [4.78, 5) is 2.27. The lowest BCUT2D eigenvalue weighted by Gasteiger charge is -2.23. The number of hydrogen-bond acceptors (Lipinski definition) is 4. The fraction of sp³-hybridized carbons (Fsp3) is 0.364. The molecular formula is C22H27NO3. The Morgan fingerprint density at radius 3 is 2.23 bits per heavy atom. The average molecular weight is 353 g/mol. The van der Waals surface area contributed by atoms with Gasteiger partial charge >= 0.3 is 0 Å². The Balaban J connectivity index is 1.76. The Morgan fingerprint density at radius 2 is 1.58 bits per heavy atom. The molecule has 4 heteroatoms. The van der Waals surface area contributed by atoms with E-state index in [1.165, 1.54) is 5.56 Å². The number of furan rings is 2. The average Bonchev–Trinajstić information content (AvgIpc) is 3.34. The molecule has 0 spiro atoms. The van der Waals surface area contributed by atoms with E-state index in [0.717, 1.165) is 18.1 Å². The first-order chi connectivity index (χ1) is 12.6. The molecule has 0 aliphatic rings. The van der Waals surface area contributed by atoms with E-state index in [-0.39, 0.29) is 0 Å². The van der Waals surface area contributed by atoms with Crippen molar-refractivity contribution in [2.24, 2.45) is 0 Å². The lowest BCUT2D eigenvalue weighted by atomic mass is 9.95. The third-order valence-electron chi connectivity index (χ3n) is 4.88. The summed E-state index contributed by atoms with van der Waals surface area (Å²) in [7, 11) is 0. The van der Waals surface area contributed by atoms with E-state index < -0.39 is 5.60 Å². The molecule has 0 saturated heterocycles. The molecule has 0 saturated carbocycles. The first-order valence-electron chi connectivity index (χ1n) is 9.23. The van der Waals surface area contributed by atoms with E-state index in [2.05, 4.69) is 17.0 Å². The predicted molar refractivity (Wildman–Crippen MR) is 101 cm³/mol. The molecule has 0 aliphatic heterocycles. The fourth-order valence-corrected chi connectivity index (χ4v) is 3.16. The molecule has 26 heavy (non-hydrogen) atoms. The minimum atomic E-state index is -0.885. The molecule has 0 atom stereocenters. The number of hydrogen-bond donors (Lipinski definition) is 1. The second kappa shape index (κ2) is 8.39. The molecule has 0 bridgehead atoms. The standard InChI is InChI=1S/C22H27NO3/c1-3-22(24,4-2)21-13-12-20(26-21)17-23(16-19-11-8-14-25-19)15-18-9-6-5-7-10-18/h5-14,24H,3-4,15-17H2,1-2H3. The zero-order valence-corrected chi connectivity index (χ0v) is 15.5. The van der Waals surface area contributed by atoms with Crippen LogP contribution in [0.5, 0.6) is 0 Å². The highest BCUT2D eigenvalue weighted by molar-refractivity contribution is 5.16. The predicted octanol–water partition coefficient (Wildman–Crippen LogP) is 5.08. The minimum Gasteiger partial charge on any atom is -0.468 e. The molecule has 0 radical (unpaired) electrons. The third-order valence-corrected chi connectivity index (χ3v) is 4.88. The van der Waals surface area contributed by atoms with Crippen LogP contribution in [-0.4, -0.2) is 10.0 Å². The topological polar surface area (TPSA) is 49.8 Å². The Kier molecular flexibility index (Phi) is 5.96. The van der Waals surface area contributed by atoms with Gasteiger partial charge in [0.15, 0.2) is 0 Å². The maximum Gasteiger partial charge on any atom is 0.135 e. The monoisotopic (exact) mass is 353 g/mol. The molecule has 1 aromatic carbocycles. The summed E-state index contributed by atoms with van der Waals surface area (Å²) in [6, 6.07) is 18.1. The normalized spacial score (nSPS) is 12.0. The van der Waals surface area contributed by atoms with Crippen molar-refractivity contribution in [3.05, 3.63) is 83.7 Å². The molecule has 0 unspecified atom stereocenters. The lowest BCUT2D eigenvalue weighted by molar-refractivity contribution is 0.00509. The van der Waals surface area contributed by atoms with Crippen molar-refractivity contribution >= 4 is 0 Å². The maximum absolute atomic E-state index is 10.7. The molecule has 0 amide bonds. The van der Waals surface area contributed by atoms with Crippen molar-refractivity contribution in [3.63, 3.8) is 0 Å². The van der Waals surface area contributed by atoms with Crippen LogP contribution in [0.2, 0.25) is 0 Å². The van der Waals surface area contributed by atoms with E-state index in [4.69, 9.17) is 8.83 Å². The highest BCUT2D eigenvalue weighted by atomic mass is 16.4. The molecule has 3 rings (SSSR count). The lowest BCUT2D eigenvalue weighted by Crippen LogP contribution is -2.23. The quantitative estimate of drug-likeness (QED) is 0.582.